The van der Waals surface area contributed by atoms with Gasteiger partial charge in [-0.05, 0) is 6.42 Å². The second-order valence-corrected chi connectivity index (χ2v) is 4.62. The fourth-order valence-electron chi connectivity index (χ4n) is 0.931. The normalized spacial score (nSPS) is 12.9. The predicted octanol–water partition coefficient (Wildman–Crippen LogP) is 3.71. The van der Waals surface area contributed by atoms with E-state index in [9.17, 15) is 26.0 Å². The van der Waals surface area contributed by atoms with Crippen molar-refractivity contribution in [2.45, 2.75) is 57.6 Å². The molecule has 0 spiro atoms. The maximum Gasteiger partial charge on any atom is 0.431 e. The van der Waals surface area contributed by atoms with Gasteiger partial charge in [0.15, 0.2) is 0 Å². The molecule has 3 nitrogen and oxygen atoms in total. The van der Waals surface area contributed by atoms with Crippen LogP contribution in [0.3, 0.4) is 0 Å². The molecule has 1 N–H and O–H groups in total. The van der Waals surface area contributed by atoms with Crippen LogP contribution in [0.4, 0.5) is 17.6 Å². The second kappa shape index (κ2) is 7.15. The van der Waals surface area contributed by atoms with Crippen molar-refractivity contribution < 1.29 is 30.5 Å². The molecule has 0 unspecified atom stereocenters. The molecule has 0 heterocycles. The van der Waals surface area contributed by atoms with Crippen molar-refractivity contribution in [3.63, 3.8) is 0 Å². The Morgan fingerprint density at radius 3 is 1.76 bits per heavy atom. The monoisotopic (exact) mass is 282 g/mol. The van der Waals surface area contributed by atoms with Crippen LogP contribution < -0.4 is 0 Å². The minimum absolute atomic E-state index is 0.228. The average molecular weight is 282 g/mol. The van der Waals surface area contributed by atoms with Crippen molar-refractivity contribution in [2.75, 3.05) is 0 Å². The van der Waals surface area contributed by atoms with Gasteiger partial charge in [0.1, 0.15) is 0 Å². The molecule has 0 aromatic rings. The highest BCUT2D eigenvalue weighted by Gasteiger charge is 2.64. The summed E-state index contributed by atoms with van der Waals surface area (Å²) in [7, 11) is -6.08. The lowest BCUT2D eigenvalue weighted by atomic mass is 10.1. The Hall–Kier alpha value is -0.370. The van der Waals surface area contributed by atoms with Gasteiger partial charge in [0.25, 0.3) is 0 Å². The molecule has 0 aliphatic rings. The fraction of sp³-hybridized carbons (Fsp3) is 1.00. The lowest BCUT2D eigenvalue weighted by Crippen LogP contribution is -2.46. The molecule has 17 heavy (non-hydrogen) atoms. The number of hydrogen-bond acceptors (Lipinski definition) is 2. The Balaban J connectivity index is 0. The zero-order valence-electron chi connectivity index (χ0n) is 10.0. The van der Waals surface area contributed by atoms with Gasteiger partial charge in [0.2, 0.25) is 0 Å². The lowest BCUT2D eigenvalue weighted by Gasteiger charge is -2.23. The highest BCUT2D eigenvalue weighted by atomic mass is 32.2. The van der Waals surface area contributed by atoms with Crippen LogP contribution in [0.5, 0.6) is 0 Å². The van der Waals surface area contributed by atoms with Crippen LogP contribution in [0.15, 0.2) is 0 Å². The molecule has 0 aromatic heterocycles. The summed E-state index contributed by atoms with van der Waals surface area (Å²) in [5.74, 6) is -4.74. The van der Waals surface area contributed by atoms with Gasteiger partial charge in [-0.2, -0.15) is 26.0 Å². The van der Waals surface area contributed by atoms with Crippen molar-refractivity contribution >= 4 is 10.1 Å². The molecule has 0 atom stereocenters. The van der Waals surface area contributed by atoms with E-state index in [2.05, 4.69) is 0 Å². The van der Waals surface area contributed by atoms with Crippen molar-refractivity contribution in [3.8, 4) is 0 Å². The number of alkyl halides is 4. The standard InChI is InChI=1S/C7H12F4O3S.C2H6/c1-2-3-4-5-6(8,9)7(10,11)15(12,13)14;1-2/h2-5H2,1H3,(H,12,13,14);1-2H3. The SMILES string of the molecule is CC.CCCCCC(F)(F)C(F)(F)S(=O)(=O)O. The van der Waals surface area contributed by atoms with E-state index < -0.39 is 27.7 Å². The topological polar surface area (TPSA) is 54.4 Å². The van der Waals surface area contributed by atoms with E-state index in [-0.39, 0.29) is 12.8 Å². The first kappa shape index (κ1) is 19.0. The largest absolute Gasteiger partial charge is 0.431 e. The summed E-state index contributed by atoms with van der Waals surface area (Å²) in [4.78, 5) is 0. The number of unbranched alkanes of at least 4 members (excludes halogenated alkanes) is 2. The van der Waals surface area contributed by atoms with Crippen molar-refractivity contribution in [1.82, 2.24) is 0 Å². The molecule has 0 rings (SSSR count). The molecule has 8 heteroatoms. The molecule has 0 aliphatic heterocycles. The molecule has 106 valence electrons. The molecule has 0 amide bonds. The smallest absolute Gasteiger partial charge is 0.281 e. The van der Waals surface area contributed by atoms with Crippen LogP contribution in [0, 0.1) is 0 Å². The number of halogens is 4. The highest BCUT2D eigenvalue weighted by molar-refractivity contribution is 7.87. The Kier molecular flexibility index (Phi) is 7.98. The van der Waals surface area contributed by atoms with Gasteiger partial charge < -0.3 is 0 Å². The van der Waals surface area contributed by atoms with E-state index in [1.54, 1.807) is 6.92 Å². The van der Waals surface area contributed by atoms with E-state index in [0.717, 1.165) is 0 Å². The first-order valence-corrected chi connectivity index (χ1v) is 6.73. The molecule has 0 bridgehead atoms. The maximum absolute atomic E-state index is 12.7. The zero-order chi connectivity index (χ0) is 14.3. The van der Waals surface area contributed by atoms with Crippen LogP contribution in [-0.2, 0) is 10.1 Å². The highest BCUT2D eigenvalue weighted by Crippen LogP contribution is 2.41. The summed E-state index contributed by atoms with van der Waals surface area (Å²) < 4.78 is 78.7. The molecule has 0 fully saturated rings. The molecule has 0 saturated carbocycles. The van der Waals surface area contributed by atoms with Gasteiger partial charge in [0, 0.05) is 6.42 Å². The fourth-order valence-corrected chi connectivity index (χ4v) is 1.41. The first-order chi connectivity index (χ1) is 7.56. The van der Waals surface area contributed by atoms with E-state index >= 15 is 0 Å². The van der Waals surface area contributed by atoms with Crippen molar-refractivity contribution in [2.24, 2.45) is 0 Å². The Morgan fingerprint density at radius 2 is 1.47 bits per heavy atom. The second-order valence-electron chi connectivity index (χ2n) is 3.15. The third-order valence-corrected chi connectivity index (χ3v) is 2.79. The summed E-state index contributed by atoms with van der Waals surface area (Å²) >= 11 is 0. The summed E-state index contributed by atoms with van der Waals surface area (Å²) in [5.41, 5.74) is 0. The Bertz CT molecular complexity index is 301. The van der Waals surface area contributed by atoms with Gasteiger partial charge in [0.05, 0.1) is 0 Å². The summed E-state index contributed by atoms with van der Waals surface area (Å²) in [6.07, 6.45) is -0.674. The van der Waals surface area contributed by atoms with E-state index in [4.69, 9.17) is 4.55 Å². The van der Waals surface area contributed by atoms with Gasteiger partial charge in [-0.25, -0.2) is 0 Å². The summed E-state index contributed by atoms with van der Waals surface area (Å²) in [6, 6.07) is 0. The van der Waals surface area contributed by atoms with Gasteiger partial charge >= 0.3 is 21.3 Å². The van der Waals surface area contributed by atoms with Crippen LogP contribution in [0.25, 0.3) is 0 Å². The zero-order valence-corrected chi connectivity index (χ0v) is 10.8. The molecule has 0 aromatic carbocycles. The summed E-state index contributed by atoms with van der Waals surface area (Å²) in [6.45, 7) is 5.68. The quantitative estimate of drug-likeness (QED) is 0.459. The summed E-state index contributed by atoms with van der Waals surface area (Å²) in [5, 5.41) is -5.42. The third-order valence-electron chi connectivity index (χ3n) is 1.84. The average Bonchev–Trinajstić information content (AvgIpc) is 2.19. The molecular formula is C9H18F4O3S. The van der Waals surface area contributed by atoms with Gasteiger partial charge in [-0.3, -0.25) is 4.55 Å². The minimum atomic E-state index is -6.08. The van der Waals surface area contributed by atoms with Crippen molar-refractivity contribution in [3.05, 3.63) is 0 Å². The predicted molar refractivity (Wildman–Crippen MR) is 56.9 cm³/mol. The third kappa shape index (κ3) is 5.20. The van der Waals surface area contributed by atoms with Crippen molar-refractivity contribution in [1.29, 1.82) is 0 Å². The van der Waals surface area contributed by atoms with Gasteiger partial charge in [-0.15, -0.1) is 0 Å². The molecule has 0 saturated heterocycles. The molecule has 0 radical (unpaired) electrons. The van der Waals surface area contributed by atoms with Gasteiger partial charge in [-0.1, -0.05) is 33.6 Å². The van der Waals surface area contributed by atoms with Crippen LogP contribution >= 0.6 is 0 Å². The Labute approximate surface area is 99.0 Å². The molecular weight excluding hydrogens is 264 g/mol. The Morgan fingerprint density at radius 1 is 1.06 bits per heavy atom. The van der Waals surface area contributed by atoms with E-state index in [0.29, 0.717) is 6.42 Å². The number of hydrogen-bond donors (Lipinski definition) is 1. The van der Waals surface area contributed by atoms with E-state index in [1.165, 1.54) is 0 Å². The lowest BCUT2D eigenvalue weighted by molar-refractivity contribution is -0.164. The van der Waals surface area contributed by atoms with Crippen LogP contribution in [-0.4, -0.2) is 24.1 Å². The maximum atomic E-state index is 12.7. The van der Waals surface area contributed by atoms with Crippen LogP contribution in [0.1, 0.15) is 46.5 Å². The van der Waals surface area contributed by atoms with Crippen LogP contribution in [0.2, 0.25) is 0 Å². The first-order valence-electron chi connectivity index (χ1n) is 5.29. The van der Waals surface area contributed by atoms with E-state index in [1.807, 2.05) is 13.8 Å². The number of rotatable bonds is 6. The molecule has 0 aliphatic carbocycles. The minimum Gasteiger partial charge on any atom is -0.281 e.